The summed E-state index contributed by atoms with van der Waals surface area (Å²) in [7, 11) is 0. The standard InChI is InChI=1S/C18H26N2O2S/c1-12(2)11-19-16(21)8-9-20-17(22)14(4)23-18(20)15-7-5-6-13(3)10-15/h5-7,10,12,14,18H,8-9,11H2,1-4H3,(H,19,21)/t14-,18+/m0/s1. The third-order valence-corrected chi connectivity index (χ3v) is 5.26. The Hall–Kier alpha value is -1.49. The van der Waals surface area contributed by atoms with Crippen LogP contribution in [0.1, 0.15) is 43.7 Å². The summed E-state index contributed by atoms with van der Waals surface area (Å²) in [4.78, 5) is 26.2. The van der Waals surface area contributed by atoms with Crippen LogP contribution in [0.4, 0.5) is 0 Å². The summed E-state index contributed by atoms with van der Waals surface area (Å²) in [6.45, 7) is 9.28. The first kappa shape index (κ1) is 17.9. The van der Waals surface area contributed by atoms with Gasteiger partial charge in [0, 0.05) is 19.5 Å². The van der Waals surface area contributed by atoms with Crippen molar-refractivity contribution in [1.29, 1.82) is 0 Å². The van der Waals surface area contributed by atoms with Crippen LogP contribution in [0.3, 0.4) is 0 Å². The van der Waals surface area contributed by atoms with Crippen LogP contribution in [0.2, 0.25) is 0 Å². The van der Waals surface area contributed by atoms with Crippen molar-refractivity contribution in [2.75, 3.05) is 13.1 Å². The number of nitrogens with zero attached hydrogens (tertiary/aromatic N) is 1. The molecule has 1 aliphatic heterocycles. The van der Waals surface area contributed by atoms with Crippen molar-refractivity contribution in [2.45, 2.75) is 44.7 Å². The maximum Gasteiger partial charge on any atom is 0.236 e. The molecule has 1 aromatic rings. The Morgan fingerprint density at radius 2 is 2.13 bits per heavy atom. The van der Waals surface area contributed by atoms with Gasteiger partial charge in [0.2, 0.25) is 11.8 Å². The largest absolute Gasteiger partial charge is 0.356 e. The SMILES string of the molecule is Cc1cccc([C@H]2S[C@@H](C)C(=O)N2CCC(=O)NCC(C)C)c1. The van der Waals surface area contributed by atoms with Gasteiger partial charge in [0.05, 0.1) is 5.25 Å². The van der Waals surface area contributed by atoms with Crippen molar-refractivity contribution in [3.05, 3.63) is 35.4 Å². The number of carbonyl (C=O) groups excluding carboxylic acids is 2. The fourth-order valence-corrected chi connectivity index (χ4v) is 3.91. The fourth-order valence-electron chi connectivity index (χ4n) is 2.61. The molecule has 0 spiro atoms. The molecule has 2 atom stereocenters. The molecule has 1 aromatic carbocycles. The second-order valence-electron chi connectivity index (χ2n) is 6.52. The summed E-state index contributed by atoms with van der Waals surface area (Å²) >= 11 is 1.66. The zero-order valence-electron chi connectivity index (χ0n) is 14.3. The van der Waals surface area contributed by atoms with E-state index < -0.39 is 0 Å². The van der Waals surface area contributed by atoms with Crippen LogP contribution in [0.15, 0.2) is 24.3 Å². The maximum absolute atomic E-state index is 12.4. The van der Waals surface area contributed by atoms with Gasteiger partial charge < -0.3 is 10.2 Å². The molecule has 126 valence electrons. The molecule has 1 N–H and O–H groups in total. The van der Waals surface area contributed by atoms with Crippen molar-refractivity contribution >= 4 is 23.6 Å². The van der Waals surface area contributed by atoms with Gasteiger partial charge >= 0.3 is 0 Å². The van der Waals surface area contributed by atoms with E-state index in [1.54, 1.807) is 11.8 Å². The van der Waals surface area contributed by atoms with Gasteiger partial charge in [-0.15, -0.1) is 11.8 Å². The minimum Gasteiger partial charge on any atom is -0.356 e. The van der Waals surface area contributed by atoms with Crippen LogP contribution >= 0.6 is 11.8 Å². The van der Waals surface area contributed by atoms with Gasteiger partial charge in [-0.2, -0.15) is 0 Å². The van der Waals surface area contributed by atoms with Gasteiger partial charge in [-0.3, -0.25) is 9.59 Å². The topological polar surface area (TPSA) is 49.4 Å². The van der Waals surface area contributed by atoms with E-state index in [0.717, 1.165) is 5.56 Å². The van der Waals surface area contributed by atoms with E-state index in [0.29, 0.717) is 25.4 Å². The van der Waals surface area contributed by atoms with Gasteiger partial charge in [0.15, 0.2) is 0 Å². The highest BCUT2D eigenvalue weighted by molar-refractivity contribution is 8.01. The summed E-state index contributed by atoms with van der Waals surface area (Å²) in [6.07, 6.45) is 0.355. The summed E-state index contributed by atoms with van der Waals surface area (Å²) in [5.74, 6) is 0.570. The fraction of sp³-hybridized carbons (Fsp3) is 0.556. The molecule has 4 nitrogen and oxygen atoms in total. The summed E-state index contributed by atoms with van der Waals surface area (Å²) in [5.41, 5.74) is 2.32. The lowest BCUT2D eigenvalue weighted by Crippen LogP contribution is -2.35. The van der Waals surface area contributed by atoms with Gasteiger partial charge in [-0.25, -0.2) is 0 Å². The number of nitrogens with one attached hydrogen (secondary N) is 1. The third kappa shape index (κ3) is 4.74. The van der Waals surface area contributed by atoms with Crippen molar-refractivity contribution in [2.24, 2.45) is 5.92 Å². The van der Waals surface area contributed by atoms with Crippen molar-refractivity contribution in [3.8, 4) is 0 Å². The minimum absolute atomic E-state index is 0.00954. The van der Waals surface area contributed by atoms with Crippen LogP contribution in [0.5, 0.6) is 0 Å². The molecule has 0 aliphatic carbocycles. The average molecular weight is 334 g/mol. The third-order valence-electron chi connectivity index (χ3n) is 3.86. The summed E-state index contributed by atoms with van der Waals surface area (Å²) in [6, 6.07) is 8.25. The number of hydrogen-bond acceptors (Lipinski definition) is 3. The van der Waals surface area contributed by atoms with E-state index in [-0.39, 0.29) is 22.4 Å². The van der Waals surface area contributed by atoms with E-state index in [9.17, 15) is 9.59 Å². The Morgan fingerprint density at radius 3 is 2.78 bits per heavy atom. The molecule has 23 heavy (non-hydrogen) atoms. The molecule has 5 heteroatoms. The number of thioether (sulfide) groups is 1. The van der Waals surface area contributed by atoms with E-state index in [2.05, 4.69) is 44.3 Å². The van der Waals surface area contributed by atoms with Crippen LogP contribution in [-0.2, 0) is 9.59 Å². The predicted molar refractivity (Wildman–Crippen MR) is 95.2 cm³/mol. The average Bonchev–Trinajstić information content (AvgIpc) is 2.78. The van der Waals surface area contributed by atoms with Gasteiger partial charge in [0.25, 0.3) is 0 Å². The molecule has 2 amide bonds. The van der Waals surface area contributed by atoms with E-state index in [1.165, 1.54) is 5.56 Å². The molecule has 2 rings (SSSR count). The lowest BCUT2D eigenvalue weighted by atomic mass is 10.1. The number of hydrogen-bond donors (Lipinski definition) is 1. The Kier molecular flexibility index (Phi) is 6.10. The van der Waals surface area contributed by atoms with Crippen LogP contribution < -0.4 is 5.32 Å². The van der Waals surface area contributed by atoms with Gasteiger partial charge in [-0.1, -0.05) is 43.7 Å². The van der Waals surface area contributed by atoms with E-state index in [4.69, 9.17) is 0 Å². The number of aryl methyl sites for hydroxylation is 1. The molecule has 1 aliphatic rings. The molecule has 0 aromatic heterocycles. The normalized spacial score (nSPS) is 21.1. The first-order valence-corrected chi connectivity index (χ1v) is 9.12. The highest BCUT2D eigenvalue weighted by Crippen LogP contribution is 2.42. The second-order valence-corrected chi connectivity index (χ2v) is 7.95. The first-order chi connectivity index (χ1) is 10.9. The summed E-state index contributed by atoms with van der Waals surface area (Å²) < 4.78 is 0. The Balaban J connectivity index is 2.02. The lowest BCUT2D eigenvalue weighted by Gasteiger charge is -2.24. The Morgan fingerprint density at radius 1 is 1.39 bits per heavy atom. The van der Waals surface area contributed by atoms with Gasteiger partial charge in [-0.05, 0) is 25.3 Å². The number of benzene rings is 1. The smallest absolute Gasteiger partial charge is 0.236 e. The quantitative estimate of drug-likeness (QED) is 0.869. The molecule has 1 fully saturated rings. The van der Waals surface area contributed by atoms with E-state index in [1.807, 2.05) is 17.9 Å². The Labute approximate surface area is 143 Å². The number of rotatable bonds is 6. The minimum atomic E-state index is -0.0563. The second kappa shape index (κ2) is 7.86. The van der Waals surface area contributed by atoms with E-state index >= 15 is 0 Å². The highest BCUT2D eigenvalue weighted by atomic mass is 32.2. The molecular formula is C18H26N2O2S. The predicted octanol–water partition coefficient (Wildman–Crippen LogP) is 3.12. The van der Waals surface area contributed by atoms with Crippen LogP contribution in [-0.4, -0.2) is 35.1 Å². The van der Waals surface area contributed by atoms with Crippen molar-refractivity contribution < 1.29 is 9.59 Å². The zero-order valence-corrected chi connectivity index (χ0v) is 15.2. The molecule has 0 saturated carbocycles. The zero-order chi connectivity index (χ0) is 17.0. The maximum atomic E-state index is 12.4. The molecule has 1 saturated heterocycles. The van der Waals surface area contributed by atoms with Crippen LogP contribution in [0.25, 0.3) is 0 Å². The van der Waals surface area contributed by atoms with Gasteiger partial charge in [0.1, 0.15) is 5.37 Å². The first-order valence-electron chi connectivity index (χ1n) is 8.17. The lowest BCUT2D eigenvalue weighted by molar-refractivity contribution is -0.130. The summed E-state index contributed by atoms with van der Waals surface area (Å²) in [5, 5.41) is 2.87. The van der Waals surface area contributed by atoms with Crippen molar-refractivity contribution in [3.63, 3.8) is 0 Å². The van der Waals surface area contributed by atoms with Crippen molar-refractivity contribution in [1.82, 2.24) is 10.2 Å². The number of amides is 2. The molecule has 1 heterocycles. The monoisotopic (exact) mass is 334 g/mol. The highest BCUT2D eigenvalue weighted by Gasteiger charge is 2.38. The molecular weight excluding hydrogens is 308 g/mol. The molecule has 0 radical (unpaired) electrons. The molecule has 0 bridgehead atoms. The Bertz CT molecular complexity index is 574. The number of carbonyl (C=O) groups is 2. The molecule has 0 unspecified atom stereocenters. The van der Waals surface area contributed by atoms with Crippen LogP contribution in [0, 0.1) is 12.8 Å².